The fourth-order valence-corrected chi connectivity index (χ4v) is 6.40. The van der Waals surface area contributed by atoms with Gasteiger partial charge in [0.1, 0.15) is 33.5 Å². The second-order valence-corrected chi connectivity index (χ2v) is 14.3. The van der Waals surface area contributed by atoms with Gasteiger partial charge in [0.2, 0.25) is 23.8 Å². The number of hydrogen-bond acceptors (Lipinski definition) is 20. The first-order valence-corrected chi connectivity index (χ1v) is 19.7. The van der Waals surface area contributed by atoms with Gasteiger partial charge in [-0.25, -0.2) is 16.8 Å². The molecule has 0 saturated carbocycles. The maximum atomic E-state index is 12.4. The van der Waals surface area contributed by atoms with Gasteiger partial charge in [0.25, 0.3) is 0 Å². The van der Waals surface area contributed by atoms with Crippen molar-refractivity contribution in [2.24, 2.45) is 0 Å². The Bertz CT molecular complexity index is 2460. The zero-order chi connectivity index (χ0) is 41.1. The first-order chi connectivity index (χ1) is 27.9. The number of hydrogen-bond donors (Lipinski definition) is 6. The summed E-state index contributed by atoms with van der Waals surface area (Å²) in [4.78, 5) is 23.7. The van der Waals surface area contributed by atoms with Gasteiger partial charge in [0, 0.05) is 22.7 Å². The van der Waals surface area contributed by atoms with Crippen molar-refractivity contribution in [3.8, 4) is 12.0 Å². The molecule has 60 heavy (non-hydrogen) atoms. The summed E-state index contributed by atoms with van der Waals surface area (Å²) in [6, 6.07) is 24.9. The maximum Gasteiger partial charge on any atom is 1.00 e. The normalized spacial score (nSPS) is 11.2. The summed E-state index contributed by atoms with van der Waals surface area (Å²) in [5, 5.41) is 30.0. The number of aromatic nitrogens is 6. The molecule has 4 aromatic carbocycles. The molecule has 0 atom stereocenters. The Labute approximate surface area is 388 Å². The maximum absolute atomic E-state index is 12.4. The Morgan fingerprint density at radius 2 is 0.833 bits per heavy atom. The van der Waals surface area contributed by atoms with Crippen LogP contribution in [0.4, 0.5) is 46.5 Å². The van der Waals surface area contributed by atoms with Crippen LogP contribution in [0.2, 0.25) is 0 Å². The molecule has 24 heteroatoms. The first kappa shape index (κ1) is 47.9. The van der Waals surface area contributed by atoms with Crippen molar-refractivity contribution in [2.45, 2.75) is 9.79 Å². The quantitative estimate of drug-likeness (QED) is 0.0302. The number of para-hydroxylation sites is 2. The van der Waals surface area contributed by atoms with Crippen molar-refractivity contribution in [3.63, 3.8) is 0 Å². The second kappa shape index (κ2) is 22.1. The monoisotopic (exact) mass is 874 g/mol. The van der Waals surface area contributed by atoms with Gasteiger partial charge < -0.3 is 50.1 Å². The van der Waals surface area contributed by atoms with Gasteiger partial charge in [-0.1, -0.05) is 60.7 Å². The number of rotatable bonds is 18. The summed E-state index contributed by atoms with van der Waals surface area (Å²) < 4.78 is 85.4. The van der Waals surface area contributed by atoms with Crippen molar-refractivity contribution in [1.82, 2.24) is 29.9 Å². The molecule has 0 unspecified atom stereocenters. The summed E-state index contributed by atoms with van der Waals surface area (Å²) in [7, 11) is -10.3. The fourth-order valence-electron chi connectivity index (χ4n) is 5.01. The SMILES string of the molecule is O=S(=O)([O-])c1cc(Nc2nc(Nc3ccccc3)nc(OCCO)n2)ccc1C=Cc1ccc(Nc2nc(Nc3ccccc3)nc(OCCO)n2)cc1S(=O)(=O)[O-].[Na+].[Na+]. The minimum Gasteiger partial charge on any atom is -0.744 e. The van der Waals surface area contributed by atoms with Crippen LogP contribution >= 0.6 is 0 Å². The molecule has 2 aromatic heterocycles. The number of aliphatic hydroxyl groups excluding tert-OH is 2. The van der Waals surface area contributed by atoms with Crippen LogP contribution in [0.3, 0.4) is 0 Å². The van der Waals surface area contributed by atoms with Gasteiger partial charge >= 0.3 is 71.1 Å². The number of aliphatic hydroxyl groups is 2. The van der Waals surface area contributed by atoms with Crippen LogP contribution in [0.25, 0.3) is 12.2 Å². The summed E-state index contributed by atoms with van der Waals surface area (Å²) >= 11 is 0. The molecular weight excluding hydrogens is 843 g/mol. The van der Waals surface area contributed by atoms with E-state index in [0.717, 1.165) is 24.3 Å². The van der Waals surface area contributed by atoms with Crippen molar-refractivity contribution in [2.75, 3.05) is 47.7 Å². The number of nitrogens with one attached hydrogen (secondary N) is 4. The average molecular weight is 875 g/mol. The summed E-state index contributed by atoms with van der Waals surface area (Å²) in [5.74, 6) is -0.110. The standard InChI is InChI=1S/C36H34N10O10S2.2Na/c47-17-19-55-35-43-31(37-25-7-3-1-4-8-25)41-33(45-35)39-27-15-13-23(29(21-27)57(49,50)51)11-12-24-14-16-28(22-30(24)58(52,53)54)40-34-42-32(38-26-9-5-2-6-10-26)44-36(46-34)56-20-18-48;;/h1-16,21-22,47-48H,17-20H2,(H,49,50,51)(H,52,53,54)(H2,37,39,41,43,45)(H2,38,40,42,44,46);;/q;2*+1/p-2. The van der Waals surface area contributed by atoms with Gasteiger partial charge in [-0.3, -0.25) is 0 Å². The molecule has 0 radical (unpaired) electrons. The summed E-state index contributed by atoms with van der Waals surface area (Å²) in [5.41, 5.74) is 1.14. The van der Waals surface area contributed by atoms with E-state index in [9.17, 15) is 36.2 Å². The summed E-state index contributed by atoms with van der Waals surface area (Å²) in [6.45, 7) is -0.899. The molecule has 300 valence electrons. The van der Waals surface area contributed by atoms with Crippen LogP contribution in [0.15, 0.2) is 107 Å². The van der Waals surface area contributed by atoms with E-state index in [4.69, 9.17) is 9.47 Å². The molecule has 6 aromatic rings. The second-order valence-electron chi connectivity index (χ2n) is 11.7. The third-order valence-electron chi connectivity index (χ3n) is 7.46. The molecule has 0 aliphatic carbocycles. The molecular formula is C36H32N10Na2O10S2. The minimum atomic E-state index is -5.13. The molecule has 0 spiro atoms. The van der Waals surface area contributed by atoms with Crippen LogP contribution in [0.1, 0.15) is 11.1 Å². The van der Waals surface area contributed by atoms with Crippen molar-refractivity contribution >= 4 is 78.9 Å². The van der Waals surface area contributed by atoms with Gasteiger partial charge in [0.05, 0.1) is 23.0 Å². The Hall–Kier alpha value is -4.82. The molecule has 0 aliphatic rings. The van der Waals surface area contributed by atoms with Crippen molar-refractivity contribution in [1.29, 1.82) is 0 Å². The Morgan fingerprint density at radius 3 is 1.15 bits per heavy atom. The Morgan fingerprint density at radius 1 is 0.500 bits per heavy atom. The Balaban J connectivity index is 0.00000397. The molecule has 0 bridgehead atoms. The third-order valence-corrected chi connectivity index (χ3v) is 9.24. The third kappa shape index (κ3) is 13.9. The van der Waals surface area contributed by atoms with E-state index in [1.54, 1.807) is 48.5 Å². The van der Waals surface area contributed by atoms with Crippen molar-refractivity contribution in [3.05, 3.63) is 108 Å². The van der Waals surface area contributed by atoms with Crippen LogP contribution in [-0.4, -0.2) is 92.5 Å². The van der Waals surface area contributed by atoms with E-state index in [0.29, 0.717) is 11.4 Å². The van der Waals surface area contributed by atoms with Crippen molar-refractivity contribution < 1.29 is 105 Å². The molecule has 0 saturated heterocycles. The zero-order valence-electron chi connectivity index (χ0n) is 31.9. The summed E-state index contributed by atoms with van der Waals surface area (Å²) in [6.07, 6.45) is 2.32. The van der Waals surface area contributed by atoms with Gasteiger partial charge in [-0.05, 0) is 59.7 Å². The zero-order valence-corrected chi connectivity index (χ0v) is 37.5. The smallest absolute Gasteiger partial charge is 0.744 e. The number of ether oxygens (including phenoxy) is 2. The molecule has 2 heterocycles. The predicted octanol–water partition coefficient (Wildman–Crippen LogP) is -2.24. The molecule has 6 N–H and O–H groups in total. The van der Waals surface area contributed by atoms with Gasteiger partial charge in [-0.2, -0.15) is 29.9 Å². The van der Waals surface area contributed by atoms with Crippen LogP contribution in [0, 0.1) is 0 Å². The largest absolute Gasteiger partial charge is 1.00 e. The van der Waals surface area contributed by atoms with Gasteiger partial charge in [-0.15, -0.1) is 0 Å². The van der Waals surface area contributed by atoms with E-state index in [1.165, 1.54) is 24.3 Å². The fraction of sp³-hybridized carbons (Fsp3) is 0.111. The van der Waals surface area contributed by atoms with E-state index in [2.05, 4.69) is 51.2 Å². The van der Waals surface area contributed by atoms with E-state index >= 15 is 0 Å². The number of benzene rings is 4. The molecule has 6 rings (SSSR count). The Kier molecular flexibility index (Phi) is 17.7. The minimum absolute atomic E-state index is 0. The van der Waals surface area contributed by atoms with Crippen LogP contribution in [-0.2, 0) is 20.2 Å². The topological polar surface area (TPSA) is 299 Å². The van der Waals surface area contributed by atoms with Crippen LogP contribution < -0.4 is 89.9 Å². The molecule has 0 fully saturated rings. The molecule has 0 amide bonds. The van der Waals surface area contributed by atoms with Gasteiger partial charge in [0.15, 0.2) is 0 Å². The van der Waals surface area contributed by atoms with E-state index in [-0.39, 0.29) is 144 Å². The molecule has 20 nitrogen and oxygen atoms in total. The van der Waals surface area contributed by atoms with Crippen LogP contribution in [0.5, 0.6) is 12.0 Å². The van der Waals surface area contributed by atoms with E-state index in [1.807, 2.05) is 12.1 Å². The number of nitrogens with zero attached hydrogens (tertiary/aromatic N) is 6. The predicted molar refractivity (Wildman–Crippen MR) is 209 cm³/mol. The average Bonchev–Trinajstić information content (AvgIpc) is 3.19. The molecule has 0 aliphatic heterocycles. The van der Waals surface area contributed by atoms with E-state index < -0.39 is 30.0 Å². The number of anilines is 8. The first-order valence-electron chi connectivity index (χ1n) is 16.9.